The maximum Gasteiger partial charge on any atom is 0.274 e. The zero-order valence-corrected chi connectivity index (χ0v) is 14.4. The Kier molecular flexibility index (Phi) is 4.12. The molecule has 2 aliphatic rings. The number of hydrogen-bond donors (Lipinski definition) is 0. The number of carbonyl (C=O) groups is 1. The Labute approximate surface area is 145 Å². The van der Waals surface area contributed by atoms with Crippen LogP contribution < -0.4 is 0 Å². The number of aromatic nitrogens is 1. The lowest BCUT2D eigenvalue weighted by atomic mass is 10.1. The number of piperidine rings is 1. The molecule has 2 fully saturated rings. The topological polar surface area (TPSA) is 33.2 Å². The average Bonchev–Trinajstić information content (AvgIpc) is 3.34. The number of benzene rings is 1. The lowest BCUT2D eigenvalue weighted by Crippen LogP contribution is -2.32. The highest BCUT2D eigenvalue weighted by molar-refractivity contribution is 7.15. The van der Waals surface area contributed by atoms with E-state index < -0.39 is 0 Å². The Morgan fingerprint density at radius 3 is 2.87 bits per heavy atom. The highest BCUT2D eigenvalue weighted by Crippen LogP contribution is 2.45. The first-order chi connectivity index (χ1) is 11.2. The van der Waals surface area contributed by atoms with Gasteiger partial charge in [0, 0.05) is 17.5 Å². The van der Waals surface area contributed by atoms with Gasteiger partial charge >= 0.3 is 0 Å². The van der Waals surface area contributed by atoms with Crippen LogP contribution in [0.3, 0.4) is 0 Å². The van der Waals surface area contributed by atoms with E-state index in [2.05, 4.69) is 0 Å². The van der Waals surface area contributed by atoms with Gasteiger partial charge in [0.25, 0.3) is 5.91 Å². The van der Waals surface area contributed by atoms with E-state index in [-0.39, 0.29) is 5.91 Å². The SMILES string of the molecule is O=C(c1nc(C2CC2)sc1-c1cccc(Cl)c1)N1[CH]CCCC1. The first-order valence-corrected chi connectivity index (χ1v) is 9.33. The van der Waals surface area contributed by atoms with E-state index in [1.807, 2.05) is 35.7 Å². The van der Waals surface area contributed by atoms with Crippen LogP contribution in [0.15, 0.2) is 24.3 Å². The molecular formula is C18H18ClN2OS. The van der Waals surface area contributed by atoms with Gasteiger partial charge in [0.15, 0.2) is 0 Å². The third-order valence-corrected chi connectivity index (χ3v) is 5.83. The van der Waals surface area contributed by atoms with Crippen LogP contribution in [0.1, 0.15) is 53.5 Å². The Morgan fingerprint density at radius 2 is 2.17 bits per heavy atom. The normalized spacial score (nSPS) is 18.2. The van der Waals surface area contributed by atoms with Crippen LogP contribution in [-0.2, 0) is 0 Å². The van der Waals surface area contributed by atoms with Crippen molar-refractivity contribution in [3.05, 3.63) is 46.5 Å². The smallest absolute Gasteiger partial charge is 0.274 e. The number of thiazole rings is 1. The van der Waals surface area contributed by atoms with Crippen LogP contribution in [-0.4, -0.2) is 22.3 Å². The second-order valence-corrected chi connectivity index (χ2v) is 7.66. The predicted octanol–water partition coefficient (Wildman–Crippen LogP) is 5.13. The standard InChI is InChI=1S/C18H18ClN2OS/c19-14-6-4-5-13(11-14)16-15(20-17(23-16)12-7-8-12)18(22)21-9-2-1-3-10-21/h4-6,9,11-12H,1-3,7-8,10H2. The van der Waals surface area contributed by atoms with E-state index in [0.29, 0.717) is 16.6 Å². The first kappa shape index (κ1) is 15.2. The summed E-state index contributed by atoms with van der Waals surface area (Å²) < 4.78 is 0. The van der Waals surface area contributed by atoms with Crippen LogP contribution in [0.5, 0.6) is 0 Å². The molecule has 0 N–H and O–H groups in total. The molecule has 1 saturated carbocycles. The van der Waals surface area contributed by atoms with Gasteiger partial charge in [-0.25, -0.2) is 4.98 Å². The van der Waals surface area contributed by atoms with Crippen molar-refractivity contribution in [3.8, 4) is 10.4 Å². The van der Waals surface area contributed by atoms with Gasteiger partial charge in [0.1, 0.15) is 5.69 Å². The van der Waals surface area contributed by atoms with Crippen LogP contribution >= 0.6 is 22.9 Å². The van der Waals surface area contributed by atoms with Crippen molar-refractivity contribution in [1.29, 1.82) is 0 Å². The number of halogens is 1. The minimum absolute atomic E-state index is 0.0304. The van der Waals surface area contributed by atoms with Gasteiger partial charge in [-0.2, -0.15) is 0 Å². The molecule has 5 heteroatoms. The Hall–Kier alpha value is -1.39. The molecule has 4 rings (SSSR count). The van der Waals surface area contributed by atoms with Crippen LogP contribution in [0.4, 0.5) is 0 Å². The van der Waals surface area contributed by atoms with E-state index in [0.717, 1.165) is 41.3 Å². The van der Waals surface area contributed by atoms with Crippen molar-refractivity contribution >= 4 is 28.8 Å². The molecule has 2 aromatic rings. The monoisotopic (exact) mass is 345 g/mol. The summed E-state index contributed by atoms with van der Waals surface area (Å²) in [5.74, 6) is 0.577. The molecule has 1 aliphatic heterocycles. The number of likely N-dealkylation sites (tertiary alicyclic amines) is 1. The van der Waals surface area contributed by atoms with Gasteiger partial charge in [0.2, 0.25) is 0 Å². The van der Waals surface area contributed by atoms with Crippen molar-refractivity contribution in [2.24, 2.45) is 0 Å². The molecule has 0 bridgehead atoms. The Bertz CT molecular complexity index is 732. The summed E-state index contributed by atoms with van der Waals surface area (Å²) in [6.07, 6.45) is 5.57. The van der Waals surface area contributed by atoms with Crippen molar-refractivity contribution in [2.75, 3.05) is 6.54 Å². The number of hydrogen-bond acceptors (Lipinski definition) is 3. The van der Waals surface area contributed by atoms with Gasteiger partial charge in [0.05, 0.1) is 16.4 Å². The summed E-state index contributed by atoms with van der Waals surface area (Å²) in [5, 5.41) is 1.78. The molecule has 0 spiro atoms. The molecule has 119 valence electrons. The van der Waals surface area contributed by atoms with Gasteiger partial charge in [-0.3, -0.25) is 4.79 Å². The highest BCUT2D eigenvalue weighted by Gasteiger charge is 2.32. The van der Waals surface area contributed by atoms with Gasteiger partial charge in [-0.1, -0.05) is 23.7 Å². The van der Waals surface area contributed by atoms with Crippen LogP contribution in [0, 0.1) is 6.54 Å². The number of amides is 1. The zero-order chi connectivity index (χ0) is 15.8. The second-order valence-electron chi connectivity index (χ2n) is 6.19. The van der Waals surface area contributed by atoms with Gasteiger partial charge < -0.3 is 4.90 Å². The van der Waals surface area contributed by atoms with Crippen molar-refractivity contribution in [1.82, 2.24) is 9.88 Å². The summed E-state index contributed by atoms with van der Waals surface area (Å²) in [7, 11) is 0. The maximum atomic E-state index is 12.9. The van der Waals surface area contributed by atoms with Gasteiger partial charge in [-0.15, -0.1) is 11.3 Å². The second kappa shape index (κ2) is 6.25. The predicted molar refractivity (Wildman–Crippen MR) is 93.7 cm³/mol. The van der Waals surface area contributed by atoms with Gasteiger partial charge in [-0.05, 0) is 49.8 Å². The molecule has 1 aromatic heterocycles. The molecule has 3 nitrogen and oxygen atoms in total. The summed E-state index contributed by atoms with van der Waals surface area (Å²) in [6.45, 7) is 2.81. The fourth-order valence-electron chi connectivity index (χ4n) is 2.90. The van der Waals surface area contributed by atoms with Crippen molar-refractivity contribution in [2.45, 2.75) is 38.0 Å². The van der Waals surface area contributed by atoms with Crippen molar-refractivity contribution < 1.29 is 4.79 Å². The first-order valence-electron chi connectivity index (χ1n) is 8.13. The van der Waals surface area contributed by atoms with E-state index >= 15 is 0 Å². The third-order valence-electron chi connectivity index (χ3n) is 4.32. The zero-order valence-electron chi connectivity index (χ0n) is 12.8. The molecule has 23 heavy (non-hydrogen) atoms. The van der Waals surface area contributed by atoms with E-state index in [1.165, 1.54) is 12.8 Å². The Morgan fingerprint density at radius 1 is 1.30 bits per heavy atom. The molecule has 1 saturated heterocycles. The largest absolute Gasteiger partial charge is 0.332 e. The number of carbonyl (C=O) groups excluding carboxylic acids is 1. The van der Waals surface area contributed by atoms with E-state index in [1.54, 1.807) is 11.3 Å². The minimum atomic E-state index is 0.0304. The average molecular weight is 346 g/mol. The van der Waals surface area contributed by atoms with Crippen molar-refractivity contribution in [3.63, 3.8) is 0 Å². The molecule has 1 amide bonds. The molecule has 2 heterocycles. The maximum absolute atomic E-state index is 12.9. The fourth-order valence-corrected chi connectivity index (χ4v) is 4.31. The molecule has 0 unspecified atom stereocenters. The molecule has 1 aliphatic carbocycles. The van der Waals surface area contributed by atoms with Crippen LogP contribution in [0.25, 0.3) is 10.4 Å². The third kappa shape index (κ3) is 3.15. The van der Waals surface area contributed by atoms with E-state index in [4.69, 9.17) is 16.6 Å². The fraction of sp³-hybridized carbons (Fsp3) is 0.389. The lowest BCUT2D eigenvalue weighted by Gasteiger charge is -2.25. The van der Waals surface area contributed by atoms with Crippen LogP contribution in [0.2, 0.25) is 5.02 Å². The quantitative estimate of drug-likeness (QED) is 0.772. The minimum Gasteiger partial charge on any atom is -0.332 e. The Balaban J connectivity index is 1.73. The molecular weight excluding hydrogens is 328 g/mol. The lowest BCUT2D eigenvalue weighted by molar-refractivity contribution is 0.0770. The number of nitrogens with zero attached hydrogens (tertiary/aromatic N) is 2. The summed E-state index contributed by atoms with van der Waals surface area (Å²) in [4.78, 5) is 20.5. The highest BCUT2D eigenvalue weighted by atomic mass is 35.5. The summed E-state index contributed by atoms with van der Waals surface area (Å²) in [6, 6.07) is 7.71. The molecule has 1 aromatic carbocycles. The summed E-state index contributed by atoms with van der Waals surface area (Å²) in [5.41, 5.74) is 1.58. The molecule has 1 radical (unpaired) electrons. The van der Waals surface area contributed by atoms with E-state index in [9.17, 15) is 4.79 Å². The summed E-state index contributed by atoms with van der Waals surface area (Å²) >= 11 is 7.79. The molecule has 0 atom stereocenters. The number of rotatable bonds is 3.